The molecule has 3 heterocycles. The van der Waals surface area contributed by atoms with Crippen LogP contribution in [0.4, 0.5) is 0 Å². The van der Waals surface area contributed by atoms with E-state index in [0.717, 1.165) is 23.7 Å². The van der Waals surface area contributed by atoms with E-state index in [0.29, 0.717) is 12.1 Å². The lowest BCUT2D eigenvalue weighted by molar-refractivity contribution is -0.948. The van der Waals surface area contributed by atoms with E-state index in [1.807, 2.05) is 38.1 Å². The molecule has 0 saturated carbocycles. The first-order valence-electron chi connectivity index (χ1n) is 13.1. The number of benzene rings is 1. The van der Waals surface area contributed by atoms with Gasteiger partial charge in [0.1, 0.15) is 5.56 Å². The van der Waals surface area contributed by atoms with Crippen LogP contribution in [0.25, 0.3) is 10.9 Å². The van der Waals surface area contributed by atoms with E-state index in [9.17, 15) is 9.59 Å². The third kappa shape index (κ3) is 4.75. The number of carbonyl (C=O) groups is 1. The first-order valence-corrected chi connectivity index (χ1v) is 13.1. The van der Waals surface area contributed by atoms with Crippen LogP contribution in [0.2, 0.25) is 0 Å². The molecule has 2 aromatic rings. The van der Waals surface area contributed by atoms with Crippen molar-refractivity contribution in [3.63, 3.8) is 0 Å². The van der Waals surface area contributed by atoms with Crippen molar-refractivity contribution in [2.24, 2.45) is 0 Å². The number of hydrogen-bond donors (Lipinski definition) is 1. The van der Waals surface area contributed by atoms with Crippen LogP contribution in [0, 0.1) is 0 Å². The quantitative estimate of drug-likeness (QED) is 0.408. The number of hydrogen-bond acceptors (Lipinski definition) is 2. The largest absolute Gasteiger partial charge is 0.349 e. The van der Waals surface area contributed by atoms with Crippen LogP contribution in [0.3, 0.4) is 0 Å². The minimum atomic E-state index is -0.208. The molecule has 2 atom stereocenters. The monoisotopic (exact) mass is 452 g/mol. The lowest BCUT2D eigenvalue weighted by Gasteiger charge is -2.47. The van der Waals surface area contributed by atoms with Gasteiger partial charge in [-0.1, -0.05) is 44.4 Å². The van der Waals surface area contributed by atoms with Crippen LogP contribution in [0.5, 0.6) is 0 Å². The van der Waals surface area contributed by atoms with Gasteiger partial charge in [0.25, 0.3) is 11.5 Å². The summed E-state index contributed by atoms with van der Waals surface area (Å²) >= 11 is 0. The Hall–Kier alpha value is -2.14. The molecular formula is C28H42N3O2+. The highest BCUT2D eigenvalue weighted by Crippen LogP contribution is 2.41. The number of rotatable bonds is 9. The first kappa shape index (κ1) is 24.0. The predicted octanol–water partition coefficient (Wildman–Crippen LogP) is 5.42. The number of aromatic nitrogens is 1. The molecule has 33 heavy (non-hydrogen) atoms. The zero-order chi connectivity index (χ0) is 23.6. The average Bonchev–Trinajstić information content (AvgIpc) is 2.95. The van der Waals surface area contributed by atoms with Gasteiger partial charge in [-0.25, -0.2) is 0 Å². The Balaban J connectivity index is 1.46. The van der Waals surface area contributed by atoms with Gasteiger partial charge in [-0.3, -0.25) is 9.59 Å². The second kappa shape index (κ2) is 10.0. The highest BCUT2D eigenvalue weighted by Gasteiger charge is 2.51. The van der Waals surface area contributed by atoms with Crippen LogP contribution in [-0.4, -0.2) is 46.7 Å². The molecule has 0 spiro atoms. The molecule has 5 nitrogen and oxygen atoms in total. The van der Waals surface area contributed by atoms with Crippen molar-refractivity contribution >= 4 is 16.8 Å². The van der Waals surface area contributed by atoms with E-state index in [1.54, 1.807) is 10.6 Å². The Labute approximate surface area is 198 Å². The summed E-state index contributed by atoms with van der Waals surface area (Å²) in [5.41, 5.74) is 0.970. The fourth-order valence-electron chi connectivity index (χ4n) is 6.51. The smallest absolute Gasteiger partial charge is 0.264 e. The van der Waals surface area contributed by atoms with Gasteiger partial charge >= 0.3 is 0 Å². The van der Waals surface area contributed by atoms with Gasteiger partial charge in [0.15, 0.2) is 0 Å². The van der Waals surface area contributed by atoms with E-state index in [4.69, 9.17) is 0 Å². The van der Waals surface area contributed by atoms with Crippen LogP contribution >= 0.6 is 0 Å². The highest BCUT2D eigenvalue weighted by atomic mass is 16.2. The molecule has 2 bridgehead atoms. The third-order valence-corrected chi connectivity index (χ3v) is 8.40. The number of quaternary nitrogens is 1. The van der Waals surface area contributed by atoms with Crippen molar-refractivity contribution in [2.75, 3.05) is 13.6 Å². The molecule has 5 heteroatoms. The van der Waals surface area contributed by atoms with Crippen LogP contribution in [0.1, 0.15) is 95.0 Å². The molecular weight excluding hydrogens is 410 g/mol. The topological polar surface area (TPSA) is 51.1 Å². The van der Waals surface area contributed by atoms with Crippen LogP contribution in [0.15, 0.2) is 35.1 Å². The normalized spacial score (nSPS) is 26.8. The number of para-hydroxylation sites is 1. The van der Waals surface area contributed by atoms with Crippen molar-refractivity contribution in [3.8, 4) is 0 Å². The number of unbranched alkanes of at least 4 members (excludes halogenated alkanes) is 4. The third-order valence-electron chi connectivity index (χ3n) is 8.40. The van der Waals surface area contributed by atoms with Crippen molar-refractivity contribution in [2.45, 2.75) is 103 Å². The van der Waals surface area contributed by atoms with E-state index in [1.165, 1.54) is 56.0 Å². The molecule has 1 aromatic carbocycles. The molecule has 1 N–H and O–H groups in total. The number of piperidine rings is 1. The van der Waals surface area contributed by atoms with Crippen molar-refractivity contribution in [1.82, 2.24) is 9.88 Å². The Morgan fingerprint density at radius 2 is 1.76 bits per heavy atom. The van der Waals surface area contributed by atoms with Gasteiger partial charge in [-0.05, 0) is 44.2 Å². The van der Waals surface area contributed by atoms with Gasteiger partial charge in [0.2, 0.25) is 0 Å². The summed E-state index contributed by atoms with van der Waals surface area (Å²) in [6.07, 6.45) is 11.2. The number of carbonyl (C=O) groups excluding carboxylic acids is 1. The molecule has 4 rings (SSSR count). The number of nitrogens with one attached hydrogen (secondary N) is 1. The molecule has 2 aliphatic heterocycles. The maximum Gasteiger partial charge on any atom is 0.264 e. The first-order chi connectivity index (χ1) is 15.8. The Bertz CT molecular complexity index is 1030. The van der Waals surface area contributed by atoms with Gasteiger partial charge in [0, 0.05) is 37.8 Å². The van der Waals surface area contributed by atoms with E-state index >= 15 is 0 Å². The minimum Gasteiger partial charge on any atom is -0.349 e. The minimum absolute atomic E-state index is 0.00370. The van der Waals surface area contributed by atoms with Crippen molar-refractivity contribution in [3.05, 3.63) is 46.2 Å². The van der Waals surface area contributed by atoms with Gasteiger partial charge in [-0.2, -0.15) is 0 Å². The Kier molecular flexibility index (Phi) is 7.28. The second-order valence-electron chi connectivity index (χ2n) is 10.9. The number of amides is 1. The van der Waals surface area contributed by atoms with Crippen molar-refractivity contribution in [1.29, 1.82) is 0 Å². The lowest BCUT2D eigenvalue weighted by atomic mass is 9.93. The van der Waals surface area contributed by atoms with E-state index in [-0.39, 0.29) is 29.1 Å². The maximum atomic E-state index is 13.3. The molecule has 1 amide bonds. The molecule has 2 saturated heterocycles. The fraction of sp³-hybridized carbons (Fsp3) is 0.643. The van der Waals surface area contributed by atoms with Crippen LogP contribution < -0.4 is 10.9 Å². The molecule has 0 radical (unpaired) electrons. The predicted molar refractivity (Wildman–Crippen MR) is 136 cm³/mol. The number of fused-ring (bicyclic) bond motifs is 3. The summed E-state index contributed by atoms with van der Waals surface area (Å²) in [4.78, 5) is 26.5. The molecule has 1 aromatic heterocycles. The molecule has 2 fully saturated rings. The van der Waals surface area contributed by atoms with E-state index in [2.05, 4.69) is 19.3 Å². The number of nitrogens with zero attached hydrogens (tertiary/aromatic N) is 2. The summed E-state index contributed by atoms with van der Waals surface area (Å²) in [5, 5.41) is 4.20. The Morgan fingerprint density at radius 3 is 2.42 bits per heavy atom. The highest BCUT2D eigenvalue weighted by molar-refractivity contribution is 5.97. The maximum absolute atomic E-state index is 13.3. The summed E-state index contributed by atoms with van der Waals surface area (Å²) in [7, 11) is 2.45. The summed E-state index contributed by atoms with van der Waals surface area (Å²) in [5.74, 6) is -0.208. The zero-order valence-electron chi connectivity index (χ0n) is 21.0. The Morgan fingerprint density at radius 1 is 1.09 bits per heavy atom. The molecule has 180 valence electrons. The van der Waals surface area contributed by atoms with Crippen LogP contribution in [-0.2, 0) is 0 Å². The average molecular weight is 453 g/mol. The number of pyridine rings is 1. The van der Waals surface area contributed by atoms with Gasteiger partial charge < -0.3 is 14.4 Å². The molecule has 2 aliphatic rings. The van der Waals surface area contributed by atoms with Gasteiger partial charge in [-0.15, -0.1) is 0 Å². The summed E-state index contributed by atoms with van der Waals surface area (Å²) in [6, 6.07) is 11.0. The SMILES string of the molecule is CCCCCCC[N+]1(C)C2CCC1CC(NC(=O)c1cc3ccccc3n(C(C)C)c1=O)C2. The lowest BCUT2D eigenvalue weighted by Crippen LogP contribution is -2.61. The van der Waals surface area contributed by atoms with Crippen molar-refractivity contribution < 1.29 is 9.28 Å². The second-order valence-corrected chi connectivity index (χ2v) is 10.9. The standard InChI is InChI=1S/C28H41N3O2/c1-5-6-7-8-11-16-31(4)23-14-15-24(31)19-22(18-23)29-27(32)25-17-21-12-9-10-13-26(21)30(20(2)3)28(25)33/h9-10,12-13,17,20,22-24H,5-8,11,14-16,18-19H2,1-4H3/p+1. The fourth-order valence-corrected chi connectivity index (χ4v) is 6.51. The van der Waals surface area contributed by atoms with E-state index < -0.39 is 0 Å². The summed E-state index contributed by atoms with van der Waals surface area (Å²) < 4.78 is 2.94. The summed E-state index contributed by atoms with van der Waals surface area (Å²) in [6.45, 7) is 7.53. The van der Waals surface area contributed by atoms with Gasteiger partial charge in [0.05, 0.1) is 31.2 Å². The molecule has 2 unspecified atom stereocenters. The zero-order valence-corrected chi connectivity index (χ0v) is 21.0. The molecule has 0 aliphatic carbocycles.